The van der Waals surface area contributed by atoms with E-state index < -0.39 is 6.10 Å². The Kier molecular flexibility index (Phi) is 4.34. The fraction of sp³-hybridized carbons (Fsp3) is 0.615. The quantitative estimate of drug-likeness (QED) is 0.738. The van der Waals surface area contributed by atoms with Crippen LogP contribution in [0.4, 0.5) is 0 Å². The van der Waals surface area contributed by atoms with Gasteiger partial charge in [0.25, 0.3) is 5.91 Å². The molecule has 1 aliphatic heterocycles. The number of allylic oxidation sites excluding steroid dienone is 2. The second-order valence-electron chi connectivity index (χ2n) is 4.24. The van der Waals surface area contributed by atoms with Crippen molar-refractivity contribution in [3.8, 4) is 0 Å². The van der Waals surface area contributed by atoms with E-state index in [9.17, 15) is 4.79 Å². The molecule has 4 heteroatoms. The third-order valence-corrected chi connectivity index (χ3v) is 3.11. The third-order valence-electron chi connectivity index (χ3n) is 3.11. The summed E-state index contributed by atoms with van der Waals surface area (Å²) in [6.07, 6.45) is 7.76. The summed E-state index contributed by atoms with van der Waals surface area (Å²) < 4.78 is 10.6. The first-order valence-corrected chi connectivity index (χ1v) is 6.09. The predicted molar refractivity (Wildman–Crippen MR) is 64.7 cm³/mol. The molecule has 4 nitrogen and oxygen atoms in total. The van der Waals surface area contributed by atoms with Gasteiger partial charge in [-0.25, -0.2) is 0 Å². The van der Waals surface area contributed by atoms with Crippen molar-refractivity contribution in [2.75, 3.05) is 33.4 Å². The van der Waals surface area contributed by atoms with Crippen LogP contribution in [0.3, 0.4) is 0 Å². The monoisotopic (exact) mass is 237 g/mol. The van der Waals surface area contributed by atoms with Crippen LogP contribution >= 0.6 is 0 Å². The minimum Gasteiger partial charge on any atom is -0.378 e. The summed E-state index contributed by atoms with van der Waals surface area (Å²) in [6.45, 7) is 2.57. The maximum atomic E-state index is 12.3. The number of ether oxygens (including phenoxy) is 2. The molecule has 1 unspecified atom stereocenters. The first-order chi connectivity index (χ1) is 8.33. The minimum atomic E-state index is -0.454. The molecule has 1 atom stereocenters. The highest BCUT2D eigenvalue weighted by Gasteiger charge is 2.27. The molecule has 0 spiro atoms. The van der Waals surface area contributed by atoms with E-state index >= 15 is 0 Å². The lowest BCUT2D eigenvalue weighted by Gasteiger charge is -2.30. The maximum Gasteiger partial charge on any atom is 0.256 e. The van der Waals surface area contributed by atoms with Gasteiger partial charge in [0.2, 0.25) is 0 Å². The van der Waals surface area contributed by atoms with Crippen LogP contribution in [0, 0.1) is 0 Å². The number of morpholine rings is 1. The molecule has 0 N–H and O–H groups in total. The number of amides is 1. The van der Waals surface area contributed by atoms with Crippen molar-refractivity contribution >= 4 is 5.91 Å². The van der Waals surface area contributed by atoms with Crippen LogP contribution in [0.15, 0.2) is 23.8 Å². The van der Waals surface area contributed by atoms with Crippen molar-refractivity contribution < 1.29 is 14.3 Å². The van der Waals surface area contributed by atoms with Gasteiger partial charge < -0.3 is 14.4 Å². The molecule has 0 aromatic rings. The van der Waals surface area contributed by atoms with Crippen molar-refractivity contribution in [1.29, 1.82) is 0 Å². The maximum absolute atomic E-state index is 12.3. The van der Waals surface area contributed by atoms with Crippen molar-refractivity contribution in [1.82, 2.24) is 4.90 Å². The van der Waals surface area contributed by atoms with Gasteiger partial charge in [0, 0.05) is 20.2 Å². The lowest BCUT2D eigenvalue weighted by atomic mass is 10.0. The summed E-state index contributed by atoms with van der Waals surface area (Å²) in [6, 6.07) is 0. The Labute approximate surface area is 102 Å². The van der Waals surface area contributed by atoms with E-state index in [1.807, 2.05) is 11.0 Å². The number of carbonyl (C=O) groups is 1. The molecule has 2 rings (SSSR count). The number of rotatable bonds is 3. The zero-order valence-electron chi connectivity index (χ0n) is 10.2. The summed E-state index contributed by atoms with van der Waals surface area (Å²) in [5.74, 6) is 0.0496. The lowest BCUT2D eigenvalue weighted by Crippen LogP contribution is -2.46. The Morgan fingerprint density at radius 3 is 2.76 bits per heavy atom. The molecule has 17 heavy (non-hydrogen) atoms. The molecular weight excluding hydrogens is 218 g/mol. The highest BCUT2D eigenvalue weighted by Crippen LogP contribution is 2.18. The largest absolute Gasteiger partial charge is 0.378 e. The number of methoxy groups -OCH3 is 1. The van der Waals surface area contributed by atoms with Crippen LogP contribution < -0.4 is 0 Å². The van der Waals surface area contributed by atoms with E-state index in [1.54, 1.807) is 7.11 Å². The Morgan fingerprint density at radius 2 is 2.18 bits per heavy atom. The molecule has 1 heterocycles. The van der Waals surface area contributed by atoms with Gasteiger partial charge >= 0.3 is 0 Å². The fourth-order valence-corrected chi connectivity index (χ4v) is 2.16. The van der Waals surface area contributed by atoms with Crippen LogP contribution in [-0.2, 0) is 14.3 Å². The predicted octanol–water partition coefficient (Wildman–Crippen LogP) is 1.14. The number of hydrogen-bond acceptors (Lipinski definition) is 3. The van der Waals surface area contributed by atoms with Crippen molar-refractivity contribution in [3.63, 3.8) is 0 Å². The summed E-state index contributed by atoms with van der Waals surface area (Å²) in [4.78, 5) is 14.1. The van der Waals surface area contributed by atoms with Crippen LogP contribution in [0.2, 0.25) is 0 Å². The van der Waals surface area contributed by atoms with E-state index in [0.717, 1.165) is 18.4 Å². The van der Waals surface area contributed by atoms with Gasteiger partial charge in [-0.05, 0) is 18.4 Å². The molecule has 1 amide bonds. The second-order valence-corrected chi connectivity index (χ2v) is 4.24. The number of nitrogens with zero attached hydrogens (tertiary/aromatic N) is 1. The summed E-state index contributed by atoms with van der Waals surface area (Å²) in [5.41, 5.74) is 0.982. The zero-order valence-corrected chi connectivity index (χ0v) is 10.2. The van der Waals surface area contributed by atoms with Gasteiger partial charge in [0.15, 0.2) is 6.10 Å². The minimum absolute atomic E-state index is 0.0496. The molecule has 0 radical (unpaired) electrons. The van der Waals surface area contributed by atoms with E-state index in [0.29, 0.717) is 26.3 Å². The second kappa shape index (κ2) is 5.98. The van der Waals surface area contributed by atoms with Gasteiger partial charge in [-0.2, -0.15) is 0 Å². The van der Waals surface area contributed by atoms with Gasteiger partial charge in [0.05, 0.1) is 13.2 Å². The Morgan fingerprint density at radius 1 is 1.41 bits per heavy atom. The number of carbonyl (C=O) groups excluding carboxylic acids is 1. The first kappa shape index (κ1) is 12.3. The van der Waals surface area contributed by atoms with E-state index in [-0.39, 0.29) is 5.91 Å². The molecule has 0 saturated carbocycles. The van der Waals surface area contributed by atoms with Gasteiger partial charge in [-0.3, -0.25) is 4.79 Å². The average Bonchev–Trinajstić information content (AvgIpc) is 2.42. The van der Waals surface area contributed by atoms with Crippen molar-refractivity contribution in [3.05, 3.63) is 23.8 Å². The zero-order chi connectivity index (χ0) is 12.1. The molecule has 2 aliphatic rings. The van der Waals surface area contributed by atoms with E-state index in [2.05, 4.69) is 12.2 Å². The Hall–Kier alpha value is -1.13. The Balaban J connectivity index is 2.04. The molecule has 1 fully saturated rings. The molecule has 1 saturated heterocycles. The fourth-order valence-electron chi connectivity index (χ4n) is 2.16. The summed E-state index contributed by atoms with van der Waals surface area (Å²) in [7, 11) is 1.59. The van der Waals surface area contributed by atoms with Gasteiger partial charge in [0.1, 0.15) is 0 Å². The van der Waals surface area contributed by atoms with E-state index in [4.69, 9.17) is 9.47 Å². The first-order valence-electron chi connectivity index (χ1n) is 6.09. The van der Waals surface area contributed by atoms with Crippen LogP contribution in [0.5, 0.6) is 0 Å². The molecular formula is C13H19NO3. The van der Waals surface area contributed by atoms with Gasteiger partial charge in [-0.15, -0.1) is 0 Å². The van der Waals surface area contributed by atoms with Gasteiger partial charge in [-0.1, -0.05) is 18.2 Å². The normalized spacial score (nSPS) is 22.2. The molecule has 0 aromatic heterocycles. The summed E-state index contributed by atoms with van der Waals surface area (Å²) >= 11 is 0. The number of hydrogen-bond donors (Lipinski definition) is 0. The van der Waals surface area contributed by atoms with Crippen molar-refractivity contribution in [2.24, 2.45) is 0 Å². The highest BCUT2D eigenvalue weighted by atomic mass is 16.5. The van der Waals surface area contributed by atoms with E-state index in [1.165, 1.54) is 0 Å². The smallest absolute Gasteiger partial charge is 0.256 e. The third kappa shape index (κ3) is 2.96. The summed E-state index contributed by atoms with van der Waals surface area (Å²) in [5, 5.41) is 0. The molecule has 0 bridgehead atoms. The molecule has 1 aliphatic carbocycles. The van der Waals surface area contributed by atoms with Crippen molar-refractivity contribution in [2.45, 2.75) is 18.9 Å². The average molecular weight is 237 g/mol. The van der Waals surface area contributed by atoms with Crippen LogP contribution in [-0.4, -0.2) is 50.3 Å². The standard InChI is InChI=1S/C13H19NO3/c1-16-12(11-5-3-2-4-6-11)13(15)14-7-9-17-10-8-14/h3,5-6,12H,2,4,7-10H2,1H3. The Bertz CT molecular complexity index is 330. The molecule has 0 aromatic carbocycles. The lowest BCUT2D eigenvalue weighted by molar-refractivity contribution is -0.143. The van der Waals surface area contributed by atoms with Crippen LogP contribution in [0.25, 0.3) is 0 Å². The van der Waals surface area contributed by atoms with Crippen LogP contribution in [0.1, 0.15) is 12.8 Å². The highest BCUT2D eigenvalue weighted by molar-refractivity contribution is 5.85. The topological polar surface area (TPSA) is 38.8 Å². The SMILES string of the molecule is COC(C(=O)N1CCOCC1)C1=CCCC=C1. The molecule has 94 valence electrons.